The molecule has 0 radical (unpaired) electrons. The van der Waals surface area contributed by atoms with E-state index < -0.39 is 0 Å². The Labute approximate surface area is 115 Å². The van der Waals surface area contributed by atoms with Crippen molar-refractivity contribution in [1.29, 1.82) is 0 Å². The maximum atomic E-state index is 4.25. The number of hydrogen-bond donors (Lipinski definition) is 1. The highest BCUT2D eigenvalue weighted by atomic mass is 15.3. The highest BCUT2D eigenvalue weighted by Crippen LogP contribution is 2.22. The van der Waals surface area contributed by atoms with E-state index in [1.54, 1.807) is 0 Å². The van der Waals surface area contributed by atoms with E-state index in [9.17, 15) is 0 Å². The minimum atomic E-state index is 0.216. The van der Waals surface area contributed by atoms with Crippen LogP contribution in [0.5, 0.6) is 0 Å². The van der Waals surface area contributed by atoms with Crippen LogP contribution in [0.3, 0.4) is 0 Å². The van der Waals surface area contributed by atoms with Crippen LogP contribution in [0.25, 0.3) is 0 Å². The topological polar surface area (TPSA) is 29.9 Å². The van der Waals surface area contributed by atoms with Crippen LogP contribution in [0, 0.1) is 0 Å². The number of anilines is 1. The summed E-state index contributed by atoms with van der Waals surface area (Å²) in [6.07, 6.45) is 3.90. The number of aryl methyl sites for hydroxylation is 1. The van der Waals surface area contributed by atoms with Crippen molar-refractivity contribution in [1.82, 2.24) is 9.78 Å². The van der Waals surface area contributed by atoms with E-state index in [4.69, 9.17) is 0 Å². The summed E-state index contributed by atoms with van der Waals surface area (Å²) < 4.78 is 1.92. The Bertz CT molecular complexity index is 518. The highest BCUT2D eigenvalue weighted by Gasteiger charge is 2.12. The molecule has 1 aromatic carbocycles. The number of hydrogen-bond acceptors (Lipinski definition) is 2. The van der Waals surface area contributed by atoms with E-state index in [0.717, 1.165) is 18.8 Å². The first-order chi connectivity index (χ1) is 8.99. The van der Waals surface area contributed by atoms with Gasteiger partial charge < -0.3 is 5.32 Å². The second-order valence-electron chi connectivity index (χ2n) is 5.89. The first-order valence-corrected chi connectivity index (χ1v) is 6.85. The zero-order chi connectivity index (χ0) is 13.9. The normalized spacial score (nSPS) is 11.6. The van der Waals surface area contributed by atoms with E-state index in [1.165, 1.54) is 11.1 Å². The summed E-state index contributed by atoms with van der Waals surface area (Å²) in [4.78, 5) is 0. The Morgan fingerprint density at radius 2 is 1.84 bits per heavy atom. The van der Waals surface area contributed by atoms with Crippen LogP contribution in [0.1, 0.15) is 38.8 Å². The van der Waals surface area contributed by atoms with Gasteiger partial charge in [0, 0.05) is 19.3 Å². The maximum Gasteiger partial charge on any atom is 0.0729 e. The van der Waals surface area contributed by atoms with Crippen LogP contribution < -0.4 is 5.32 Å². The molecule has 0 saturated carbocycles. The monoisotopic (exact) mass is 257 g/mol. The second kappa shape index (κ2) is 5.47. The molecule has 0 aliphatic heterocycles. The molecule has 0 aliphatic rings. The van der Waals surface area contributed by atoms with Crippen LogP contribution in [-0.2, 0) is 18.5 Å². The number of nitrogens with one attached hydrogen (secondary N) is 1. The largest absolute Gasteiger partial charge is 0.378 e. The quantitative estimate of drug-likeness (QED) is 0.902. The molecule has 1 aromatic heterocycles. The van der Waals surface area contributed by atoms with Gasteiger partial charge >= 0.3 is 0 Å². The third-order valence-corrected chi connectivity index (χ3v) is 3.27. The predicted octanol–water partition coefficient (Wildman–Crippen LogP) is 3.81. The minimum Gasteiger partial charge on any atom is -0.378 e. The molecule has 0 atom stereocenters. The van der Waals surface area contributed by atoms with Gasteiger partial charge in [-0.25, -0.2) is 0 Å². The van der Waals surface area contributed by atoms with Gasteiger partial charge in [0.25, 0.3) is 0 Å². The standard InChI is InChI=1S/C16H23N3/c1-5-19-12-15(11-18-19)17-10-13-6-8-14(9-7-13)16(2,3)4/h6-9,11-12,17H,5,10H2,1-4H3. The van der Waals surface area contributed by atoms with Gasteiger partial charge in [-0.2, -0.15) is 5.10 Å². The lowest BCUT2D eigenvalue weighted by Gasteiger charge is -2.19. The van der Waals surface area contributed by atoms with Crippen LogP contribution in [0.2, 0.25) is 0 Å². The SMILES string of the molecule is CCn1cc(NCc2ccc(C(C)(C)C)cc2)cn1. The van der Waals surface area contributed by atoms with Crippen molar-refractivity contribution in [3.8, 4) is 0 Å². The van der Waals surface area contributed by atoms with Gasteiger partial charge in [0.2, 0.25) is 0 Å². The number of rotatable bonds is 4. The van der Waals surface area contributed by atoms with Crippen molar-refractivity contribution >= 4 is 5.69 Å². The molecular weight excluding hydrogens is 234 g/mol. The Balaban J connectivity index is 1.96. The molecule has 0 spiro atoms. The number of aromatic nitrogens is 2. The number of nitrogens with zero attached hydrogens (tertiary/aromatic N) is 2. The molecule has 1 heterocycles. The third-order valence-electron chi connectivity index (χ3n) is 3.27. The summed E-state index contributed by atoms with van der Waals surface area (Å²) in [5.41, 5.74) is 3.95. The molecule has 2 aromatic rings. The summed E-state index contributed by atoms with van der Waals surface area (Å²) in [5.74, 6) is 0. The van der Waals surface area contributed by atoms with Crippen molar-refractivity contribution in [2.45, 2.75) is 46.2 Å². The van der Waals surface area contributed by atoms with E-state index in [-0.39, 0.29) is 5.41 Å². The van der Waals surface area contributed by atoms with Crippen LogP contribution in [0.4, 0.5) is 5.69 Å². The van der Waals surface area contributed by atoms with Crippen LogP contribution in [-0.4, -0.2) is 9.78 Å². The van der Waals surface area contributed by atoms with Gasteiger partial charge in [0.1, 0.15) is 0 Å². The average molecular weight is 257 g/mol. The van der Waals surface area contributed by atoms with Crippen LogP contribution in [0.15, 0.2) is 36.7 Å². The van der Waals surface area contributed by atoms with Gasteiger partial charge in [-0.1, -0.05) is 45.0 Å². The van der Waals surface area contributed by atoms with E-state index in [2.05, 4.69) is 62.4 Å². The molecule has 0 bridgehead atoms. The fourth-order valence-corrected chi connectivity index (χ4v) is 1.95. The lowest BCUT2D eigenvalue weighted by Crippen LogP contribution is -2.11. The molecule has 0 aliphatic carbocycles. The van der Waals surface area contributed by atoms with Crippen molar-refractivity contribution in [3.63, 3.8) is 0 Å². The van der Waals surface area contributed by atoms with Gasteiger partial charge in [-0.05, 0) is 23.5 Å². The molecule has 3 nitrogen and oxygen atoms in total. The first-order valence-electron chi connectivity index (χ1n) is 6.85. The molecule has 0 saturated heterocycles. The van der Waals surface area contributed by atoms with Crippen LogP contribution >= 0.6 is 0 Å². The number of benzene rings is 1. The molecule has 1 N–H and O–H groups in total. The zero-order valence-electron chi connectivity index (χ0n) is 12.3. The molecule has 19 heavy (non-hydrogen) atoms. The zero-order valence-corrected chi connectivity index (χ0v) is 12.3. The molecule has 0 unspecified atom stereocenters. The smallest absolute Gasteiger partial charge is 0.0729 e. The van der Waals surface area contributed by atoms with Crippen molar-refractivity contribution in [2.75, 3.05) is 5.32 Å². The Kier molecular flexibility index (Phi) is 3.93. The van der Waals surface area contributed by atoms with Crippen molar-refractivity contribution < 1.29 is 0 Å². The van der Waals surface area contributed by atoms with Gasteiger partial charge in [-0.3, -0.25) is 4.68 Å². The minimum absolute atomic E-state index is 0.216. The van der Waals surface area contributed by atoms with E-state index in [0.29, 0.717) is 0 Å². The molecule has 0 amide bonds. The maximum absolute atomic E-state index is 4.25. The van der Waals surface area contributed by atoms with Gasteiger partial charge in [0.15, 0.2) is 0 Å². The van der Waals surface area contributed by atoms with Crippen molar-refractivity contribution in [3.05, 3.63) is 47.8 Å². The van der Waals surface area contributed by atoms with Gasteiger partial charge in [0.05, 0.1) is 11.9 Å². The summed E-state index contributed by atoms with van der Waals surface area (Å²) in [7, 11) is 0. The van der Waals surface area contributed by atoms with E-state index in [1.807, 2.05) is 17.1 Å². The molecule has 3 heteroatoms. The molecule has 102 valence electrons. The fraction of sp³-hybridized carbons (Fsp3) is 0.438. The van der Waals surface area contributed by atoms with Gasteiger partial charge in [-0.15, -0.1) is 0 Å². The predicted molar refractivity (Wildman–Crippen MR) is 80.4 cm³/mol. The highest BCUT2D eigenvalue weighted by molar-refractivity contribution is 5.39. The molecule has 2 rings (SSSR count). The Hall–Kier alpha value is -1.77. The fourth-order valence-electron chi connectivity index (χ4n) is 1.95. The lowest BCUT2D eigenvalue weighted by atomic mass is 9.87. The summed E-state index contributed by atoms with van der Waals surface area (Å²) in [6, 6.07) is 8.81. The lowest BCUT2D eigenvalue weighted by molar-refractivity contribution is 0.590. The third kappa shape index (κ3) is 3.60. The Morgan fingerprint density at radius 3 is 2.37 bits per heavy atom. The summed E-state index contributed by atoms with van der Waals surface area (Å²) in [6.45, 7) is 10.5. The van der Waals surface area contributed by atoms with E-state index >= 15 is 0 Å². The summed E-state index contributed by atoms with van der Waals surface area (Å²) in [5, 5.41) is 7.64. The molecule has 0 fully saturated rings. The Morgan fingerprint density at radius 1 is 1.16 bits per heavy atom. The average Bonchev–Trinajstić information content (AvgIpc) is 2.84. The summed E-state index contributed by atoms with van der Waals surface area (Å²) >= 11 is 0. The molecular formula is C16H23N3. The van der Waals surface area contributed by atoms with Crippen molar-refractivity contribution in [2.24, 2.45) is 0 Å². The second-order valence-corrected chi connectivity index (χ2v) is 5.89. The first kappa shape index (κ1) is 13.7.